The zero-order valence-electron chi connectivity index (χ0n) is 18.7. The highest BCUT2D eigenvalue weighted by Crippen LogP contribution is 2.07. The number of carboxylic acids is 1. The SMILES string of the molecule is CC(O)C(NC(=O)C1CCCN1)C(=O)NC(C(=O)NC(Cc1ccccc1)C(=O)O)C(C)O. The van der Waals surface area contributed by atoms with Gasteiger partial charge in [0.15, 0.2) is 0 Å². The Balaban J connectivity index is 2.06. The first kappa shape index (κ1) is 26.2. The Hall–Kier alpha value is -3.02. The van der Waals surface area contributed by atoms with Crippen molar-refractivity contribution in [2.45, 2.75) is 69.5 Å². The molecule has 1 saturated heterocycles. The normalized spacial score (nSPS) is 20.1. The molecule has 1 aliphatic rings. The Morgan fingerprint density at radius 3 is 2.06 bits per heavy atom. The molecule has 2 rings (SSSR count). The van der Waals surface area contributed by atoms with Gasteiger partial charge in [0.05, 0.1) is 18.2 Å². The average molecular weight is 465 g/mol. The molecule has 33 heavy (non-hydrogen) atoms. The van der Waals surface area contributed by atoms with Crippen molar-refractivity contribution in [1.82, 2.24) is 21.3 Å². The van der Waals surface area contributed by atoms with Crippen LogP contribution in [0.15, 0.2) is 30.3 Å². The van der Waals surface area contributed by atoms with Crippen molar-refractivity contribution < 1.29 is 34.5 Å². The summed E-state index contributed by atoms with van der Waals surface area (Å²) in [6.45, 7) is 3.24. The molecule has 0 saturated carbocycles. The Bertz CT molecular complexity index is 825. The zero-order valence-corrected chi connectivity index (χ0v) is 18.7. The van der Waals surface area contributed by atoms with Gasteiger partial charge in [0.1, 0.15) is 18.1 Å². The van der Waals surface area contributed by atoms with Crippen molar-refractivity contribution >= 4 is 23.7 Å². The molecule has 0 spiro atoms. The van der Waals surface area contributed by atoms with E-state index in [-0.39, 0.29) is 6.42 Å². The van der Waals surface area contributed by atoms with Gasteiger partial charge in [-0.15, -0.1) is 0 Å². The third-order valence-electron chi connectivity index (χ3n) is 5.40. The van der Waals surface area contributed by atoms with Gasteiger partial charge in [-0.25, -0.2) is 4.79 Å². The van der Waals surface area contributed by atoms with Gasteiger partial charge >= 0.3 is 5.97 Å². The maximum atomic E-state index is 12.8. The van der Waals surface area contributed by atoms with Crippen molar-refractivity contribution in [2.75, 3.05) is 6.54 Å². The van der Waals surface area contributed by atoms with Crippen LogP contribution in [0.2, 0.25) is 0 Å². The molecule has 3 amide bonds. The summed E-state index contributed by atoms with van der Waals surface area (Å²) < 4.78 is 0. The molecule has 1 aliphatic heterocycles. The van der Waals surface area contributed by atoms with E-state index >= 15 is 0 Å². The van der Waals surface area contributed by atoms with E-state index in [1.807, 2.05) is 0 Å². The van der Waals surface area contributed by atoms with E-state index in [2.05, 4.69) is 21.3 Å². The minimum Gasteiger partial charge on any atom is -0.480 e. The van der Waals surface area contributed by atoms with Crippen LogP contribution in [0.3, 0.4) is 0 Å². The van der Waals surface area contributed by atoms with Crippen LogP contribution in [0.4, 0.5) is 0 Å². The lowest BCUT2D eigenvalue weighted by atomic mass is 10.0. The lowest BCUT2D eigenvalue weighted by Gasteiger charge is -2.27. The van der Waals surface area contributed by atoms with E-state index in [0.717, 1.165) is 6.42 Å². The van der Waals surface area contributed by atoms with Crippen LogP contribution in [-0.4, -0.2) is 81.9 Å². The number of carbonyl (C=O) groups is 4. The molecule has 6 atom stereocenters. The number of aliphatic hydroxyl groups excluding tert-OH is 2. The highest BCUT2D eigenvalue weighted by atomic mass is 16.4. The third kappa shape index (κ3) is 7.81. The molecule has 1 fully saturated rings. The van der Waals surface area contributed by atoms with Crippen LogP contribution in [-0.2, 0) is 25.6 Å². The van der Waals surface area contributed by atoms with E-state index in [9.17, 15) is 34.5 Å². The maximum Gasteiger partial charge on any atom is 0.326 e. The molecule has 0 aliphatic carbocycles. The number of rotatable bonds is 11. The number of aliphatic carboxylic acids is 1. The van der Waals surface area contributed by atoms with E-state index in [1.165, 1.54) is 13.8 Å². The number of aliphatic hydroxyl groups is 2. The molecular weight excluding hydrogens is 432 g/mol. The fraction of sp³-hybridized carbons (Fsp3) is 0.545. The van der Waals surface area contributed by atoms with Crippen molar-refractivity contribution in [1.29, 1.82) is 0 Å². The second-order valence-corrected chi connectivity index (χ2v) is 8.19. The minimum absolute atomic E-state index is 0.00311. The van der Waals surface area contributed by atoms with E-state index < -0.39 is 60.1 Å². The third-order valence-corrected chi connectivity index (χ3v) is 5.40. The predicted octanol–water partition coefficient (Wildman–Crippen LogP) is -1.72. The monoisotopic (exact) mass is 464 g/mol. The molecule has 0 aromatic heterocycles. The van der Waals surface area contributed by atoms with Gasteiger partial charge in [-0.3, -0.25) is 14.4 Å². The number of carboxylic acid groups (broad SMARTS) is 1. The molecule has 182 valence electrons. The summed E-state index contributed by atoms with van der Waals surface area (Å²) in [5.41, 5.74) is 0.681. The second kappa shape index (κ2) is 12.3. The van der Waals surface area contributed by atoms with Crippen LogP contribution in [0.1, 0.15) is 32.3 Å². The number of hydrogen-bond donors (Lipinski definition) is 7. The van der Waals surface area contributed by atoms with E-state index in [1.54, 1.807) is 30.3 Å². The summed E-state index contributed by atoms with van der Waals surface area (Å²) in [6.07, 6.45) is -1.25. The molecule has 11 heteroatoms. The van der Waals surface area contributed by atoms with E-state index in [4.69, 9.17) is 0 Å². The first-order valence-electron chi connectivity index (χ1n) is 10.9. The molecule has 0 bridgehead atoms. The minimum atomic E-state index is -1.50. The predicted molar refractivity (Wildman–Crippen MR) is 118 cm³/mol. The molecule has 7 N–H and O–H groups in total. The first-order chi connectivity index (χ1) is 15.6. The van der Waals surface area contributed by atoms with Gasteiger partial charge in [0.2, 0.25) is 17.7 Å². The Kier molecular flexibility index (Phi) is 9.76. The van der Waals surface area contributed by atoms with Crippen LogP contribution >= 0.6 is 0 Å². The topological polar surface area (TPSA) is 177 Å². The number of benzene rings is 1. The largest absolute Gasteiger partial charge is 0.480 e. The van der Waals surface area contributed by atoms with Gasteiger partial charge in [0.25, 0.3) is 0 Å². The summed E-state index contributed by atoms with van der Waals surface area (Å²) in [7, 11) is 0. The Morgan fingerprint density at radius 1 is 0.970 bits per heavy atom. The van der Waals surface area contributed by atoms with Crippen molar-refractivity contribution in [3.63, 3.8) is 0 Å². The molecule has 1 aromatic rings. The molecule has 1 aromatic carbocycles. The van der Waals surface area contributed by atoms with Gasteiger partial charge in [0, 0.05) is 6.42 Å². The van der Waals surface area contributed by atoms with Crippen molar-refractivity contribution in [2.24, 2.45) is 0 Å². The fourth-order valence-corrected chi connectivity index (χ4v) is 3.53. The highest BCUT2D eigenvalue weighted by Gasteiger charge is 2.35. The van der Waals surface area contributed by atoms with Gasteiger partial charge in [-0.05, 0) is 38.8 Å². The number of amides is 3. The summed E-state index contributed by atoms with van der Waals surface area (Å²) in [5.74, 6) is -3.52. The zero-order chi connectivity index (χ0) is 24.5. The fourth-order valence-electron chi connectivity index (χ4n) is 3.53. The lowest BCUT2D eigenvalue weighted by molar-refractivity contribution is -0.143. The standard InChI is InChI=1S/C22H32N4O7/c1-12(27)17(20(30)24-16(22(32)33)11-14-7-4-3-5-8-14)26-21(31)18(13(2)28)25-19(29)15-9-6-10-23-15/h3-5,7-8,12-13,15-18,23,27-28H,6,9-11H2,1-2H3,(H,24,30)(H,25,29)(H,26,31)(H,32,33). The highest BCUT2D eigenvalue weighted by molar-refractivity contribution is 5.94. The van der Waals surface area contributed by atoms with E-state index in [0.29, 0.717) is 18.5 Å². The van der Waals surface area contributed by atoms with Crippen molar-refractivity contribution in [3.05, 3.63) is 35.9 Å². The number of nitrogens with one attached hydrogen (secondary N) is 4. The second-order valence-electron chi connectivity index (χ2n) is 8.19. The summed E-state index contributed by atoms with van der Waals surface area (Å²) in [6, 6.07) is 4.03. The average Bonchev–Trinajstić information content (AvgIpc) is 3.30. The lowest BCUT2D eigenvalue weighted by Crippen LogP contribution is -2.61. The Morgan fingerprint density at radius 2 is 1.55 bits per heavy atom. The molecule has 6 unspecified atom stereocenters. The number of hydrogen-bond acceptors (Lipinski definition) is 7. The van der Waals surface area contributed by atoms with Crippen molar-refractivity contribution in [3.8, 4) is 0 Å². The summed E-state index contributed by atoms with van der Waals surface area (Å²) in [4.78, 5) is 49.5. The molecular formula is C22H32N4O7. The van der Waals surface area contributed by atoms with Crippen LogP contribution in [0.25, 0.3) is 0 Å². The van der Waals surface area contributed by atoms with Crippen LogP contribution < -0.4 is 21.3 Å². The van der Waals surface area contributed by atoms with Gasteiger partial charge in [-0.2, -0.15) is 0 Å². The molecule has 1 heterocycles. The first-order valence-corrected chi connectivity index (χ1v) is 10.9. The summed E-state index contributed by atoms with van der Waals surface area (Å²) >= 11 is 0. The maximum absolute atomic E-state index is 12.8. The molecule has 0 radical (unpaired) electrons. The van der Waals surface area contributed by atoms with Gasteiger partial charge in [-0.1, -0.05) is 30.3 Å². The van der Waals surface area contributed by atoms with Crippen LogP contribution in [0.5, 0.6) is 0 Å². The van der Waals surface area contributed by atoms with Crippen LogP contribution in [0, 0.1) is 0 Å². The van der Waals surface area contributed by atoms with Gasteiger partial charge < -0.3 is 36.6 Å². The Labute approximate surface area is 191 Å². The number of carbonyl (C=O) groups excluding carboxylic acids is 3. The smallest absolute Gasteiger partial charge is 0.326 e. The quantitative estimate of drug-likeness (QED) is 0.202. The summed E-state index contributed by atoms with van der Waals surface area (Å²) in [5, 5.41) is 39.7. The molecule has 11 nitrogen and oxygen atoms in total.